The SMILES string of the molecule is C[Si](C)(C)C#Cc1nc(C=O)cs1. The lowest BCUT2D eigenvalue weighted by atomic mass is 10.6. The summed E-state index contributed by atoms with van der Waals surface area (Å²) in [6.45, 7) is 6.52. The lowest BCUT2D eigenvalue weighted by molar-refractivity contribution is 0.111. The van der Waals surface area contributed by atoms with Gasteiger partial charge in [-0.05, 0) is 5.92 Å². The molecule has 0 aliphatic heterocycles. The number of hydrogen-bond acceptors (Lipinski definition) is 3. The quantitative estimate of drug-likeness (QED) is 0.403. The van der Waals surface area contributed by atoms with Gasteiger partial charge < -0.3 is 0 Å². The minimum atomic E-state index is -1.32. The Hall–Kier alpha value is -0.923. The molecule has 1 aromatic heterocycles. The average Bonchev–Trinajstić information content (AvgIpc) is 2.47. The Balaban J connectivity index is 2.84. The summed E-state index contributed by atoms with van der Waals surface area (Å²) in [6.07, 6.45) is 0.746. The summed E-state index contributed by atoms with van der Waals surface area (Å²) in [6, 6.07) is 0. The number of rotatable bonds is 1. The lowest BCUT2D eigenvalue weighted by Crippen LogP contribution is -2.16. The van der Waals surface area contributed by atoms with Gasteiger partial charge in [0.25, 0.3) is 0 Å². The highest BCUT2D eigenvalue weighted by Crippen LogP contribution is 2.07. The molecule has 0 amide bonds. The fourth-order valence-electron chi connectivity index (χ4n) is 0.639. The molecule has 2 nitrogen and oxygen atoms in total. The second kappa shape index (κ2) is 3.86. The summed E-state index contributed by atoms with van der Waals surface area (Å²) in [5.74, 6) is 3.00. The third kappa shape index (κ3) is 3.53. The molecule has 68 valence electrons. The molecule has 0 unspecified atom stereocenters. The first-order valence-electron chi connectivity index (χ1n) is 3.95. The van der Waals surface area contributed by atoms with Gasteiger partial charge in [-0.3, -0.25) is 4.79 Å². The molecule has 0 aliphatic carbocycles. The highest BCUT2D eigenvalue weighted by atomic mass is 32.1. The van der Waals surface area contributed by atoms with Crippen LogP contribution in [0.15, 0.2) is 5.38 Å². The molecule has 0 aromatic carbocycles. The van der Waals surface area contributed by atoms with Gasteiger partial charge in [0.1, 0.15) is 13.8 Å². The predicted octanol–water partition coefficient (Wildman–Crippen LogP) is 2.18. The number of carbonyl (C=O) groups excluding carboxylic acids is 1. The standard InChI is InChI=1S/C9H11NOSSi/c1-13(2,3)5-4-9-10-8(6-11)7-12-9/h6-7H,1-3H3. The van der Waals surface area contributed by atoms with E-state index in [1.165, 1.54) is 11.3 Å². The smallest absolute Gasteiger partial charge is 0.169 e. The molecule has 1 aromatic rings. The summed E-state index contributed by atoms with van der Waals surface area (Å²) in [4.78, 5) is 14.4. The van der Waals surface area contributed by atoms with Gasteiger partial charge in [-0.2, -0.15) is 0 Å². The topological polar surface area (TPSA) is 30.0 Å². The van der Waals surface area contributed by atoms with Crippen molar-refractivity contribution in [1.82, 2.24) is 4.98 Å². The second-order valence-electron chi connectivity index (χ2n) is 3.70. The van der Waals surface area contributed by atoms with Crippen LogP contribution in [0.5, 0.6) is 0 Å². The van der Waals surface area contributed by atoms with Gasteiger partial charge in [-0.1, -0.05) is 19.6 Å². The Morgan fingerprint density at radius 1 is 1.54 bits per heavy atom. The Labute approximate surface area is 83.0 Å². The number of nitrogens with zero attached hydrogens (tertiary/aromatic N) is 1. The van der Waals surface area contributed by atoms with Crippen LogP contribution in [-0.4, -0.2) is 19.3 Å². The molecular formula is C9H11NOSSi. The molecule has 1 heterocycles. The number of aldehydes is 1. The Kier molecular flexibility index (Phi) is 3.01. The third-order valence-corrected chi connectivity index (χ3v) is 2.84. The van der Waals surface area contributed by atoms with Crippen molar-refractivity contribution >= 4 is 25.7 Å². The summed E-state index contributed by atoms with van der Waals surface area (Å²) in [5.41, 5.74) is 3.67. The molecule has 0 spiro atoms. The van der Waals surface area contributed by atoms with E-state index in [4.69, 9.17) is 0 Å². The number of carbonyl (C=O) groups is 1. The molecule has 0 saturated carbocycles. The van der Waals surface area contributed by atoms with Gasteiger partial charge in [0, 0.05) is 5.38 Å². The first-order valence-corrected chi connectivity index (χ1v) is 8.33. The Morgan fingerprint density at radius 2 is 2.23 bits per heavy atom. The molecule has 4 heteroatoms. The molecule has 0 N–H and O–H groups in total. The summed E-state index contributed by atoms with van der Waals surface area (Å²) in [7, 11) is -1.32. The molecule has 0 bridgehead atoms. The molecular weight excluding hydrogens is 198 g/mol. The highest BCUT2D eigenvalue weighted by molar-refractivity contribution is 7.10. The molecule has 0 atom stereocenters. The van der Waals surface area contributed by atoms with Crippen LogP contribution >= 0.6 is 11.3 Å². The van der Waals surface area contributed by atoms with Gasteiger partial charge in [0.15, 0.2) is 11.3 Å². The Morgan fingerprint density at radius 3 is 2.69 bits per heavy atom. The number of aromatic nitrogens is 1. The van der Waals surface area contributed by atoms with E-state index < -0.39 is 8.07 Å². The molecule has 1 rings (SSSR count). The van der Waals surface area contributed by atoms with Crippen molar-refractivity contribution in [3.63, 3.8) is 0 Å². The van der Waals surface area contributed by atoms with Crippen molar-refractivity contribution in [2.24, 2.45) is 0 Å². The zero-order chi connectivity index (χ0) is 9.90. The summed E-state index contributed by atoms with van der Waals surface area (Å²) in [5, 5.41) is 2.46. The maximum atomic E-state index is 10.3. The van der Waals surface area contributed by atoms with Crippen LogP contribution in [0.25, 0.3) is 0 Å². The van der Waals surface area contributed by atoms with E-state index in [0.717, 1.165) is 11.3 Å². The molecule has 0 radical (unpaired) electrons. The van der Waals surface area contributed by atoms with Crippen molar-refractivity contribution in [3.05, 3.63) is 16.1 Å². The molecule has 0 saturated heterocycles. The van der Waals surface area contributed by atoms with Crippen molar-refractivity contribution in [2.75, 3.05) is 0 Å². The van der Waals surface area contributed by atoms with Gasteiger partial charge in [0.2, 0.25) is 0 Å². The van der Waals surface area contributed by atoms with Gasteiger partial charge in [0.05, 0.1) is 0 Å². The van der Waals surface area contributed by atoms with E-state index in [1.54, 1.807) is 5.38 Å². The molecule has 13 heavy (non-hydrogen) atoms. The van der Waals surface area contributed by atoms with E-state index in [9.17, 15) is 4.79 Å². The largest absolute Gasteiger partial charge is 0.296 e. The van der Waals surface area contributed by atoms with Crippen LogP contribution in [-0.2, 0) is 0 Å². The fraction of sp³-hybridized carbons (Fsp3) is 0.333. The minimum absolute atomic E-state index is 0.477. The Bertz CT molecular complexity index is 367. The first-order chi connectivity index (χ1) is 6.01. The molecule has 0 fully saturated rings. The van der Waals surface area contributed by atoms with Crippen LogP contribution in [0.1, 0.15) is 15.5 Å². The highest BCUT2D eigenvalue weighted by Gasteiger charge is 2.07. The van der Waals surface area contributed by atoms with Crippen LogP contribution in [0, 0.1) is 11.5 Å². The summed E-state index contributed by atoms with van der Waals surface area (Å²) >= 11 is 1.42. The van der Waals surface area contributed by atoms with Gasteiger partial charge in [-0.15, -0.1) is 16.9 Å². The molecule has 0 aliphatic rings. The maximum absolute atomic E-state index is 10.3. The van der Waals surface area contributed by atoms with Crippen LogP contribution in [0.2, 0.25) is 19.6 Å². The first kappa shape index (κ1) is 10.2. The lowest BCUT2D eigenvalue weighted by Gasteiger charge is -2.02. The van der Waals surface area contributed by atoms with E-state index in [0.29, 0.717) is 5.69 Å². The second-order valence-corrected chi connectivity index (χ2v) is 9.30. The van der Waals surface area contributed by atoms with Gasteiger partial charge in [-0.25, -0.2) is 4.98 Å². The number of hydrogen-bond donors (Lipinski definition) is 0. The summed E-state index contributed by atoms with van der Waals surface area (Å²) < 4.78 is 0. The number of thiazole rings is 1. The van der Waals surface area contributed by atoms with Crippen molar-refractivity contribution in [1.29, 1.82) is 0 Å². The maximum Gasteiger partial charge on any atom is 0.169 e. The van der Waals surface area contributed by atoms with Crippen LogP contribution < -0.4 is 0 Å². The van der Waals surface area contributed by atoms with Crippen molar-refractivity contribution in [2.45, 2.75) is 19.6 Å². The normalized spacial score (nSPS) is 10.4. The van der Waals surface area contributed by atoms with E-state index in [-0.39, 0.29) is 0 Å². The van der Waals surface area contributed by atoms with E-state index in [1.807, 2.05) is 0 Å². The minimum Gasteiger partial charge on any atom is -0.296 e. The van der Waals surface area contributed by atoms with E-state index >= 15 is 0 Å². The fourth-order valence-corrected chi connectivity index (χ4v) is 1.83. The van der Waals surface area contributed by atoms with Crippen molar-refractivity contribution < 1.29 is 4.79 Å². The van der Waals surface area contributed by atoms with Crippen molar-refractivity contribution in [3.8, 4) is 11.5 Å². The van der Waals surface area contributed by atoms with Gasteiger partial charge >= 0.3 is 0 Å². The average molecular weight is 209 g/mol. The zero-order valence-electron chi connectivity index (χ0n) is 7.92. The monoisotopic (exact) mass is 209 g/mol. The predicted molar refractivity (Wildman–Crippen MR) is 57.7 cm³/mol. The van der Waals surface area contributed by atoms with Crippen LogP contribution in [0.4, 0.5) is 0 Å². The zero-order valence-corrected chi connectivity index (χ0v) is 9.73. The third-order valence-electron chi connectivity index (χ3n) is 1.19. The van der Waals surface area contributed by atoms with Crippen LogP contribution in [0.3, 0.4) is 0 Å². The van der Waals surface area contributed by atoms with E-state index in [2.05, 4.69) is 36.1 Å².